The topological polar surface area (TPSA) is 48.0 Å². The lowest BCUT2D eigenvalue weighted by atomic mass is 10.0. The number of aromatic nitrogens is 1. The Labute approximate surface area is 153 Å². The quantitative estimate of drug-likeness (QED) is 0.720. The molecule has 0 bridgehead atoms. The van der Waals surface area contributed by atoms with E-state index >= 15 is 0 Å². The van der Waals surface area contributed by atoms with E-state index in [1.54, 1.807) is 12.1 Å². The summed E-state index contributed by atoms with van der Waals surface area (Å²) in [7, 11) is 0. The van der Waals surface area contributed by atoms with E-state index in [4.69, 9.17) is 5.73 Å². The molecule has 26 heavy (non-hydrogen) atoms. The van der Waals surface area contributed by atoms with Crippen LogP contribution >= 0.6 is 0 Å². The molecule has 0 unspecified atom stereocenters. The molecule has 1 amide bonds. The van der Waals surface area contributed by atoms with Gasteiger partial charge >= 0.3 is 0 Å². The number of nitrogens with zero attached hydrogens (tertiary/aromatic N) is 1. The third-order valence-electron chi connectivity index (χ3n) is 4.80. The molecule has 0 atom stereocenters. The summed E-state index contributed by atoms with van der Waals surface area (Å²) in [5, 5.41) is 0. The maximum Gasteiger partial charge on any atom is 0.250 e. The number of hydrogen-bond donors (Lipinski definition) is 1. The number of carbonyl (C=O) groups excluding carboxylic acids is 1. The van der Waals surface area contributed by atoms with Crippen LogP contribution in [0.1, 0.15) is 32.7 Å². The molecule has 4 heteroatoms. The van der Waals surface area contributed by atoms with Crippen molar-refractivity contribution in [3.05, 3.63) is 82.3 Å². The van der Waals surface area contributed by atoms with Crippen molar-refractivity contribution in [2.75, 3.05) is 0 Å². The van der Waals surface area contributed by atoms with Crippen molar-refractivity contribution in [1.82, 2.24) is 4.57 Å². The number of hydrogen-bond acceptors (Lipinski definition) is 1. The number of halogens is 1. The standard InChI is InChI=1S/C22H23FN2O/c1-14-7-8-19(15(2)11-14)21-13-20(22(24)26)16(3)25(21)10-9-17-5-4-6-18(23)12-17/h4-8,11-13H,9-10H2,1-3H3,(H2,24,26). The molecule has 1 aromatic heterocycles. The van der Waals surface area contributed by atoms with E-state index in [2.05, 4.69) is 36.6 Å². The van der Waals surface area contributed by atoms with Crippen molar-refractivity contribution in [3.8, 4) is 11.3 Å². The average Bonchev–Trinajstić information content (AvgIpc) is 2.90. The second-order valence-corrected chi connectivity index (χ2v) is 6.74. The molecule has 0 saturated heterocycles. The van der Waals surface area contributed by atoms with E-state index < -0.39 is 5.91 Å². The van der Waals surface area contributed by atoms with E-state index in [0.717, 1.165) is 28.1 Å². The smallest absolute Gasteiger partial charge is 0.250 e. The van der Waals surface area contributed by atoms with Crippen LogP contribution in [-0.4, -0.2) is 10.5 Å². The lowest BCUT2D eigenvalue weighted by Gasteiger charge is -2.14. The molecule has 0 fully saturated rings. The number of carbonyl (C=O) groups is 1. The Morgan fingerprint density at radius 1 is 1.08 bits per heavy atom. The lowest BCUT2D eigenvalue weighted by Crippen LogP contribution is -2.13. The van der Waals surface area contributed by atoms with Gasteiger partial charge in [-0.05, 0) is 56.5 Å². The highest BCUT2D eigenvalue weighted by molar-refractivity contribution is 5.95. The molecular formula is C22H23FN2O. The molecule has 0 aliphatic carbocycles. The van der Waals surface area contributed by atoms with Crippen molar-refractivity contribution in [2.24, 2.45) is 5.73 Å². The minimum absolute atomic E-state index is 0.237. The predicted octanol–water partition coefficient (Wildman–Crippen LogP) is 4.56. The number of aryl methyl sites for hydroxylation is 3. The van der Waals surface area contributed by atoms with Crippen LogP contribution in [0.3, 0.4) is 0 Å². The second kappa shape index (κ2) is 7.16. The van der Waals surface area contributed by atoms with E-state index in [1.807, 2.05) is 19.1 Å². The Morgan fingerprint density at radius 3 is 2.50 bits per heavy atom. The van der Waals surface area contributed by atoms with Crippen LogP contribution in [0.5, 0.6) is 0 Å². The minimum atomic E-state index is -0.432. The summed E-state index contributed by atoms with van der Waals surface area (Å²) in [5.41, 5.74) is 12.2. The first-order chi connectivity index (χ1) is 12.4. The van der Waals surface area contributed by atoms with Gasteiger partial charge in [0, 0.05) is 23.5 Å². The van der Waals surface area contributed by atoms with Crippen molar-refractivity contribution in [2.45, 2.75) is 33.7 Å². The number of benzene rings is 2. The van der Waals surface area contributed by atoms with Crippen molar-refractivity contribution < 1.29 is 9.18 Å². The largest absolute Gasteiger partial charge is 0.366 e. The van der Waals surface area contributed by atoms with Crippen LogP contribution in [0.4, 0.5) is 4.39 Å². The number of nitrogens with two attached hydrogens (primary N) is 1. The van der Waals surface area contributed by atoms with E-state index in [0.29, 0.717) is 18.5 Å². The summed E-state index contributed by atoms with van der Waals surface area (Å²) < 4.78 is 15.5. The van der Waals surface area contributed by atoms with Crippen LogP contribution in [0, 0.1) is 26.6 Å². The van der Waals surface area contributed by atoms with Gasteiger partial charge in [-0.2, -0.15) is 0 Å². The van der Waals surface area contributed by atoms with Crippen LogP contribution in [0.2, 0.25) is 0 Å². The fourth-order valence-electron chi connectivity index (χ4n) is 3.44. The molecule has 2 N–H and O–H groups in total. The zero-order valence-corrected chi connectivity index (χ0v) is 15.3. The highest BCUT2D eigenvalue weighted by atomic mass is 19.1. The van der Waals surface area contributed by atoms with Crippen LogP contribution < -0.4 is 5.73 Å². The summed E-state index contributed by atoms with van der Waals surface area (Å²) in [6, 6.07) is 14.7. The van der Waals surface area contributed by atoms with Crippen molar-refractivity contribution >= 4 is 5.91 Å². The summed E-state index contributed by atoms with van der Waals surface area (Å²) in [5.74, 6) is -0.669. The van der Waals surface area contributed by atoms with Crippen LogP contribution in [0.25, 0.3) is 11.3 Å². The zero-order chi connectivity index (χ0) is 18.8. The van der Waals surface area contributed by atoms with Crippen molar-refractivity contribution in [3.63, 3.8) is 0 Å². The van der Waals surface area contributed by atoms with Gasteiger partial charge in [0.1, 0.15) is 5.82 Å². The summed E-state index contributed by atoms with van der Waals surface area (Å²) in [4.78, 5) is 11.8. The Hall–Kier alpha value is -2.88. The first-order valence-electron chi connectivity index (χ1n) is 8.69. The van der Waals surface area contributed by atoms with E-state index in [-0.39, 0.29) is 5.82 Å². The SMILES string of the molecule is Cc1ccc(-c2cc(C(N)=O)c(C)n2CCc2cccc(F)c2)c(C)c1. The van der Waals surface area contributed by atoms with Gasteiger partial charge in [0.2, 0.25) is 0 Å². The van der Waals surface area contributed by atoms with Gasteiger partial charge in [0.15, 0.2) is 0 Å². The van der Waals surface area contributed by atoms with Gasteiger partial charge in [-0.15, -0.1) is 0 Å². The van der Waals surface area contributed by atoms with Gasteiger partial charge in [-0.25, -0.2) is 4.39 Å². The highest BCUT2D eigenvalue weighted by Gasteiger charge is 2.17. The molecule has 0 aliphatic heterocycles. The Bertz CT molecular complexity index is 972. The molecule has 3 nitrogen and oxygen atoms in total. The maximum absolute atomic E-state index is 13.4. The van der Waals surface area contributed by atoms with Gasteiger partial charge < -0.3 is 10.3 Å². The zero-order valence-electron chi connectivity index (χ0n) is 15.3. The number of amides is 1. The first kappa shape index (κ1) is 17.9. The minimum Gasteiger partial charge on any atom is -0.366 e. The molecule has 134 valence electrons. The van der Waals surface area contributed by atoms with Crippen LogP contribution in [0.15, 0.2) is 48.5 Å². The molecule has 1 heterocycles. The molecule has 3 rings (SSSR count). The number of rotatable bonds is 5. The van der Waals surface area contributed by atoms with Gasteiger partial charge in [-0.1, -0.05) is 35.9 Å². The van der Waals surface area contributed by atoms with Crippen LogP contribution in [-0.2, 0) is 13.0 Å². The highest BCUT2D eigenvalue weighted by Crippen LogP contribution is 2.29. The Kier molecular flexibility index (Phi) is 4.94. The van der Waals surface area contributed by atoms with Crippen molar-refractivity contribution in [1.29, 1.82) is 0 Å². The fraction of sp³-hybridized carbons (Fsp3) is 0.227. The normalized spacial score (nSPS) is 10.9. The molecule has 0 saturated carbocycles. The Morgan fingerprint density at radius 2 is 1.85 bits per heavy atom. The van der Waals surface area contributed by atoms with Gasteiger partial charge in [0.05, 0.1) is 5.56 Å². The monoisotopic (exact) mass is 350 g/mol. The first-order valence-corrected chi connectivity index (χ1v) is 8.69. The van der Waals surface area contributed by atoms with E-state index in [9.17, 15) is 9.18 Å². The Balaban J connectivity index is 2.03. The van der Waals surface area contributed by atoms with Gasteiger partial charge in [0.25, 0.3) is 5.91 Å². The second-order valence-electron chi connectivity index (χ2n) is 6.74. The molecule has 3 aromatic rings. The third kappa shape index (κ3) is 3.54. The fourth-order valence-corrected chi connectivity index (χ4v) is 3.44. The molecule has 2 aromatic carbocycles. The molecule has 0 spiro atoms. The lowest BCUT2D eigenvalue weighted by molar-refractivity contribution is 0.0999. The number of primary amides is 1. The predicted molar refractivity (Wildman–Crippen MR) is 103 cm³/mol. The summed E-state index contributed by atoms with van der Waals surface area (Å²) >= 11 is 0. The molecule has 0 aliphatic rings. The molecular weight excluding hydrogens is 327 g/mol. The van der Waals surface area contributed by atoms with Gasteiger partial charge in [-0.3, -0.25) is 4.79 Å². The van der Waals surface area contributed by atoms with E-state index in [1.165, 1.54) is 11.6 Å². The molecule has 0 radical (unpaired) electrons. The summed E-state index contributed by atoms with van der Waals surface area (Å²) in [6.45, 7) is 6.66. The third-order valence-corrected chi connectivity index (χ3v) is 4.80. The average molecular weight is 350 g/mol. The maximum atomic E-state index is 13.4. The summed E-state index contributed by atoms with van der Waals surface area (Å²) in [6.07, 6.45) is 0.670.